The summed E-state index contributed by atoms with van der Waals surface area (Å²) in [6, 6.07) is 12.1. The van der Waals surface area contributed by atoms with Crippen LogP contribution in [0.25, 0.3) is 0 Å². The lowest BCUT2D eigenvalue weighted by Crippen LogP contribution is -2.43. The van der Waals surface area contributed by atoms with Gasteiger partial charge >= 0.3 is 0 Å². The molecule has 28 heavy (non-hydrogen) atoms. The highest BCUT2D eigenvalue weighted by Gasteiger charge is 2.24. The van der Waals surface area contributed by atoms with Gasteiger partial charge in [0.25, 0.3) is 5.88 Å². The highest BCUT2D eigenvalue weighted by molar-refractivity contribution is 7.88. The number of hydrogen-bond acceptors (Lipinski definition) is 6. The second-order valence-electron chi connectivity index (χ2n) is 7.41. The number of likely N-dealkylation sites (tertiary alicyclic amines) is 1. The van der Waals surface area contributed by atoms with Crippen LogP contribution in [0.4, 0.5) is 0 Å². The van der Waals surface area contributed by atoms with E-state index in [-0.39, 0.29) is 12.1 Å². The molecule has 1 aromatic carbocycles. The van der Waals surface area contributed by atoms with Crippen LogP contribution in [-0.2, 0) is 16.6 Å². The molecule has 7 nitrogen and oxygen atoms in total. The maximum absolute atomic E-state index is 11.4. The molecule has 0 spiro atoms. The number of pyridine rings is 1. The number of nitrogens with zero attached hydrogens (tertiary/aromatic N) is 2. The van der Waals surface area contributed by atoms with Gasteiger partial charge in [0.05, 0.1) is 6.26 Å². The number of rotatable bonds is 5. The molecule has 150 valence electrons. The van der Waals surface area contributed by atoms with Crippen molar-refractivity contribution in [1.82, 2.24) is 14.6 Å². The van der Waals surface area contributed by atoms with E-state index in [0.29, 0.717) is 18.2 Å². The summed E-state index contributed by atoms with van der Waals surface area (Å²) in [5.74, 6) is 1.22. The van der Waals surface area contributed by atoms with Gasteiger partial charge in [0.2, 0.25) is 10.0 Å². The van der Waals surface area contributed by atoms with Crippen LogP contribution in [0.2, 0.25) is 0 Å². The Morgan fingerprint density at radius 1 is 1.18 bits per heavy atom. The molecule has 1 N–H and O–H groups in total. The molecule has 2 aromatic rings. The third-order valence-corrected chi connectivity index (χ3v) is 5.87. The SMILES string of the molecule is CS(=O)(=O)NC1CCN(Cc2ccc([C@H]3COc4cccnc4O3)cc2)CC1. The van der Waals surface area contributed by atoms with Gasteiger partial charge in [0, 0.05) is 31.9 Å². The second-order valence-corrected chi connectivity index (χ2v) is 9.19. The average molecular weight is 404 g/mol. The fourth-order valence-electron chi connectivity index (χ4n) is 3.68. The number of benzene rings is 1. The van der Waals surface area contributed by atoms with Gasteiger partial charge in [-0.1, -0.05) is 24.3 Å². The molecular weight excluding hydrogens is 378 g/mol. The third-order valence-electron chi connectivity index (χ3n) is 5.11. The smallest absolute Gasteiger partial charge is 0.257 e. The molecule has 8 heteroatoms. The van der Waals surface area contributed by atoms with E-state index in [9.17, 15) is 8.42 Å². The molecule has 1 fully saturated rings. The van der Waals surface area contributed by atoms with E-state index in [1.807, 2.05) is 12.1 Å². The van der Waals surface area contributed by atoms with Crippen molar-refractivity contribution in [3.05, 3.63) is 53.7 Å². The fourth-order valence-corrected chi connectivity index (χ4v) is 4.52. The summed E-state index contributed by atoms with van der Waals surface area (Å²) in [6.45, 7) is 3.10. The summed E-state index contributed by atoms with van der Waals surface area (Å²) >= 11 is 0. The summed E-state index contributed by atoms with van der Waals surface area (Å²) in [7, 11) is -3.13. The molecule has 2 aliphatic heterocycles. The van der Waals surface area contributed by atoms with Crippen LogP contribution in [0.3, 0.4) is 0 Å². The average Bonchev–Trinajstić information content (AvgIpc) is 2.69. The first-order valence-corrected chi connectivity index (χ1v) is 11.4. The molecular formula is C20H25N3O4S. The number of sulfonamides is 1. The van der Waals surface area contributed by atoms with Crippen molar-refractivity contribution in [3.8, 4) is 11.6 Å². The molecule has 1 aromatic heterocycles. The van der Waals surface area contributed by atoms with Gasteiger partial charge in [-0.2, -0.15) is 0 Å². The predicted molar refractivity (Wildman–Crippen MR) is 106 cm³/mol. The molecule has 0 bridgehead atoms. The number of aromatic nitrogens is 1. The van der Waals surface area contributed by atoms with Crippen LogP contribution in [0, 0.1) is 0 Å². The molecule has 0 saturated carbocycles. The highest BCUT2D eigenvalue weighted by atomic mass is 32.2. The number of fused-ring (bicyclic) bond motifs is 1. The summed E-state index contributed by atoms with van der Waals surface area (Å²) < 4.78 is 37.1. The van der Waals surface area contributed by atoms with Crippen molar-refractivity contribution in [2.24, 2.45) is 0 Å². The first-order valence-electron chi connectivity index (χ1n) is 9.49. The van der Waals surface area contributed by atoms with Crippen molar-refractivity contribution < 1.29 is 17.9 Å². The molecule has 1 atom stereocenters. The minimum atomic E-state index is -3.13. The molecule has 2 aliphatic rings. The first-order chi connectivity index (χ1) is 13.5. The van der Waals surface area contributed by atoms with Gasteiger partial charge in [-0.25, -0.2) is 18.1 Å². The Balaban J connectivity index is 1.31. The van der Waals surface area contributed by atoms with Crippen LogP contribution in [-0.4, -0.2) is 50.3 Å². The minimum Gasteiger partial charge on any atom is -0.484 e. The maximum atomic E-state index is 11.4. The summed E-state index contributed by atoms with van der Waals surface area (Å²) in [6.07, 6.45) is 4.43. The molecule has 0 amide bonds. The number of piperidine rings is 1. The quantitative estimate of drug-likeness (QED) is 0.824. The largest absolute Gasteiger partial charge is 0.484 e. The molecule has 0 unspecified atom stereocenters. The lowest BCUT2D eigenvalue weighted by atomic mass is 10.0. The van der Waals surface area contributed by atoms with Crippen LogP contribution in [0.5, 0.6) is 11.6 Å². The zero-order valence-corrected chi connectivity index (χ0v) is 16.7. The maximum Gasteiger partial charge on any atom is 0.257 e. The Bertz CT molecular complexity index is 909. The normalized spacial score (nSPS) is 20.8. The van der Waals surface area contributed by atoms with Gasteiger partial charge in [0.15, 0.2) is 11.9 Å². The lowest BCUT2D eigenvalue weighted by molar-refractivity contribution is 0.0850. The molecule has 3 heterocycles. The Morgan fingerprint density at radius 2 is 1.93 bits per heavy atom. The van der Waals surface area contributed by atoms with E-state index in [1.165, 1.54) is 11.8 Å². The fraction of sp³-hybridized carbons (Fsp3) is 0.450. The zero-order valence-electron chi connectivity index (χ0n) is 15.9. The standard InChI is InChI=1S/C20H25N3O4S/c1-28(24,25)22-17-8-11-23(12-9-17)13-15-4-6-16(7-5-15)19-14-26-18-3-2-10-21-20(18)27-19/h2-7,10,17,19,22H,8-9,11-14H2,1H3/t19-/m1/s1. The van der Waals surface area contributed by atoms with Gasteiger partial charge in [0.1, 0.15) is 6.61 Å². The van der Waals surface area contributed by atoms with Crippen molar-refractivity contribution in [2.45, 2.75) is 31.5 Å². The van der Waals surface area contributed by atoms with E-state index in [0.717, 1.165) is 38.0 Å². The summed E-state index contributed by atoms with van der Waals surface area (Å²) in [5, 5.41) is 0. The lowest BCUT2D eigenvalue weighted by Gasteiger charge is -2.32. The Morgan fingerprint density at radius 3 is 2.64 bits per heavy atom. The van der Waals surface area contributed by atoms with E-state index in [4.69, 9.17) is 9.47 Å². The Hall–Kier alpha value is -2.16. The summed E-state index contributed by atoms with van der Waals surface area (Å²) in [4.78, 5) is 6.58. The molecule has 0 radical (unpaired) electrons. The van der Waals surface area contributed by atoms with Gasteiger partial charge < -0.3 is 9.47 Å². The second kappa shape index (κ2) is 8.06. The molecule has 0 aliphatic carbocycles. The van der Waals surface area contributed by atoms with Crippen molar-refractivity contribution >= 4 is 10.0 Å². The van der Waals surface area contributed by atoms with Crippen LogP contribution in [0.15, 0.2) is 42.6 Å². The van der Waals surface area contributed by atoms with E-state index >= 15 is 0 Å². The van der Waals surface area contributed by atoms with Crippen molar-refractivity contribution in [3.63, 3.8) is 0 Å². The van der Waals surface area contributed by atoms with Gasteiger partial charge in [-0.05, 0) is 36.1 Å². The first kappa shape index (κ1) is 19.2. The van der Waals surface area contributed by atoms with Crippen LogP contribution < -0.4 is 14.2 Å². The van der Waals surface area contributed by atoms with Gasteiger partial charge in [-0.3, -0.25) is 4.90 Å². The van der Waals surface area contributed by atoms with Gasteiger partial charge in [-0.15, -0.1) is 0 Å². The van der Waals surface area contributed by atoms with Crippen molar-refractivity contribution in [2.75, 3.05) is 26.0 Å². The zero-order chi connectivity index (χ0) is 19.6. The number of ether oxygens (including phenoxy) is 2. The highest BCUT2D eigenvalue weighted by Crippen LogP contribution is 2.34. The molecule has 4 rings (SSSR count). The number of hydrogen-bond donors (Lipinski definition) is 1. The molecule has 1 saturated heterocycles. The Labute approximate surface area is 165 Å². The third kappa shape index (κ3) is 4.81. The minimum absolute atomic E-state index is 0.0496. The van der Waals surface area contributed by atoms with E-state index < -0.39 is 10.0 Å². The van der Waals surface area contributed by atoms with E-state index in [2.05, 4.69) is 38.9 Å². The van der Waals surface area contributed by atoms with Crippen LogP contribution >= 0.6 is 0 Å². The summed E-state index contributed by atoms with van der Waals surface area (Å²) in [5.41, 5.74) is 2.30. The van der Waals surface area contributed by atoms with Crippen molar-refractivity contribution in [1.29, 1.82) is 0 Å². The predicted octanol–water partition coefficient (Wildman–Crippen LogP) is 2.11. The van der Waals surface area contributed by atoms with E-state index in [1.54, 1.807) is 6.20 Å². The van der Waals surface area contributed by atoms with Crippen LogP contribution in [0.1, 0.15) is 30.1 Å². The topological polar surface area (TPSA) is 80.8 Å². The number of nitrogens with one attached hydrogen (secondary N) is 1. The monoisotopic (exact) mass is 403 g/mol. The Kier molecular flexibility index (Phi) is 5.52.